The minimum absolute atomic E-state index is 0.0734. The fraction of sp³-hybridized carbons (Fsp3) is 0.348. The number of aryl methyl sites for hydroxylation is 1. The Morgan fingerprint density at radius 3 is 2.59 bits per heavy atom. The molecule has 4 rings (SSSR count). The Hall–Kier alpha value is -2.57. The van der Waals surface area contributed by atoms with Gasteiger partial charge in [0.05, 0.1) is 0 Å². The van der Waals surface area contributed by atoms with E-state index in [-0.39, 0.29) is 5.91 Å². The number of hydrogen-bond donors (Lipinski definition) is 1. The van der Waals surface area contributed by atoms with Gasteiger partial charge in [-0.15, -0.1) is 11.3 Å². The number of carbonyl (C=O) groups is 1. The van der Waals surface area contributed by atoms with E-state index in [9.17, 15) is 4.79 Å². The lowest BCUT2D eigenvalue weighted by Crippen LogP contribution is -2.22. The third kappa shape index (κ3) is 5.08. The minimum atomic E-state index is -0.0734. The predicted octanol–water partition coefficient (Wildman–Crippen LogP) is 4.73. The number of nitrogens with one attached hydrogen (secondary N) is 1. The lowest BCUT2D eigenvalue weighted by molar-refractivity contribution is -0.114. The number of benzene rings is 1. The monoisotopic (exact) mass is 406 g/mol. The van der Waals surface area contributed by atoms with Gasteiger partial charge in [0.15, 0.2) is 5.13 Å². The zero-order chi connectivity index (χ0) is 20.2. The summed E-state index contributed by atoms with van der Waals surface area (Å²) in [7, 11) is 0. The molecule has 2 aromatic heterocycles. The highest BCUT2D eigenvalue weighted by molar-refractivity contribution is 7.15. The van der Waals surface area contributed by atoms with E-state index >= 15 is 0 Å². The third-order valence-corrected chi connectivity index (χ3v) is 6.30. The molecule has 0 spiro atoms. The molecule has 3 heterocycles. The molecule has 1 amide bonds. The lowest BCUT2D eigenvalue weighted by Gasteiger charge is -2.23. The second-order valence-electron chi connectivity index (χ2n) is 7.68. The fourth-order valence-electron chi connectivity index (χ4n) is 3.82. The van der Waals surface area contributed by atoms with Crippen molar-refractivity contribution in [1.82, 2.24) is 14.9 Å². The molecule has 6 heteroatoms. The number of anilines is 1. The second kappa shape index (κ2) is 8.84. The molecule has 0 bridgehead atoms. The summed E-state index contributed by atoms with van der Waals surface area (Å²) in [6, 6.07) is 13.5. The summed E-state index contributed by atoms with van der Waals surface area (Å²) in [6.07, 6.45) is 7.11. The third-order valence-electron chi connectivity index (χ3n) is 5.29. The molecular formula is C23H26N4OS. The molecule has 29 heavy (non-hydrogen) atoms. The Morgan fingerprint density at radius 1 is 1.10 bits per heavy atom. The first kappa shape index (κ1) is 19.7. The van der Waals surface area contributed by atoms with Crippen molar-refractivity contribution >= 4 is 22.4 Å². The molecule has 1 aliphatic rings. The molecule has 1 aromatic carbocycles. The maximum absolute atomic E-state index is 11.2. The van der Waals surface area contributed by atoms with Gasteiger partial charge in [0.1, 0.15) is 0 Å². The zero-order valence-electron chi connectivity index (χ0n) is 16.9. The van der Waals surface area contributed by atoms with Crippen molar-refractivity contribution in [1.29, 1.82) is 0 Å². The second-order valence-corrected chi connectivity index (χ2v) is 8.74. The van der Waals surface area contributed by atoms with Crippen LogP contribution in [0.2, 0.25) is 0 Å². The van der Waals surface area contributed by atoms with Crippen molar-refractivity contribution in [3.63, 3.8) is 0 Å². The lowest BCUT2D eigenvalue weighted by atomic mass is 10.0. The van der Waals surface area contributed by atoms with Gasteiger partial charge < -0.3 is 5.32 Å². The van der Waals surface area contributed by atoms with Gasteiger partial charge in [-0.1, -0.05) is 30.3 Å². The number of thiazole rings is 1. The Labute approximate surface area is 175 Å². The molecule has 0 aliphatic carbocycles. The Balaban J connectivity index is 1.39. The van der Waals surface area contributed by atoms with Gasteiger partial charge in [-0.2, -0.15) is 0 Å². The molecule has 150 valence electrons. The molecule has 1 atom stereocenters. The van der Waals surface area contributed by atoms with Crippen LogP contribution in [0.1, 0.15) is 53.1 Å². The first-order valence-electron chi connectivity index (χ1n) is 10.0. The summed E-state index contributed by atoms with van der Waals surface area (Å²) >= 11 is 1.59. The van der Waals surface area contributed by atoms with Crippen LogP contribution in [0.5, 0.6) is 0 Å². The number of aromatic nitrogens is 2. The standard InChI is InChI=1S/C23H26N4OS/c1-16-5-6-20(13-24-16)12-18-7-9-19(10-8-18)15-27-11-3-4-21(27)22-14-25-23(29-22)26-17(2)28/h5-10,13-14,21H,3-4,11-12,15H2,1-2H3,(H,25,26,28)/t21-/m1/s1. The molecule has 1 saturated heterocycles. The number of carbonyl (C=O) groups excluding carboxylic acids is 1. The summed E-state index contributed by atoms with van der Waals surface area (Å²) in [5.74, 6) is -0.0734. The summed E-state index contributed by atoms with van der Waals surface area (Å²) in [4.78, 5) is 23.7. The van der Waals surface area contributed by atoms with Crippen LogP contribution in [-0.2, 0) is 17.8 Å². The predicted molar refractivity (Wildman–Crippen MR) is 117 cm³/mol. The van der Waals surface area contributed by atoms with Gasteiger partial charge in [0.25, 0.3) is 0 Å². The smallest absolute Gasteiger partial charge is 0.223 e. The van der Waals surface area contributed by atoms with Crippen LogP contribution in [0.15, 0.2) is 48.8 Å². The van der Waals surface area contributed by atoms with E-state index in [4.69, 9.17) is 0 Å². The summed E-state index contributed by atoms with van der Waals surface area (Å²) in [6.45, 7) is 5.55. The number of likely N-dealkylation sites (tertiary alicyclic amines) is 1. The molecule has 0 radical (unpaired) electrons. The normalized spacial score (nSPS) is 16.8. The molecule has 1 fully saturated rings. The van der Waals surface area contributed by atoms with Crippen molar-refractivity contribution in [3.8, 4) is 0 Å². The average molecular weight is 407 g/mol. The van der Waals surface area contributed by atoms with Gasteiger partial charge in [-0.3, -0.25) is 14.7 Å². The number of amides is 1. The molecule has 3 aromatic rings. The van der Waals surface area contributed by atoms with E-state index in [1.807, 2.05) is 19.3 Å². The topological polar surface area (TPSA) is 58.1 Å². The summed E-state index contributed by atoms with van der Waals surface area (Å²) in [5.41, 5.74) is 4.92. The molecule has 0 saturated carbocycles. The van der Waals surface area contributed by atoms with Crippen molar-refractivity contribution in [3.05, 3.63) is 76.1 Å². The van der Waals surface area contributed by atoms with E-state index < -0.39 is 0 Å². The Morgan fingerprint density at radius 2 is 1.86 bits per heavy atom. The average Bonchev–Trinajstić information content (AvgIpc) is 3.34. The van der Waals surface area contributed by atoms with Gasteiger partial charge in [-0.05, 0) is 55.5 Å². The highest BCUT2D eigenvalue weighted by atomic mass is 32.1. The van der Waals surface area contributed by atoms with E-state index in [1.165, 1.54) is 34.9 Å². The van der Waals surface area contributed by atoms with Gasteiger partial charge in [0.2, 0.25) is 5.91 Å². The van der Waals surface area contributed by atoms with Crippen LogP contribution in [0.25, 0.3) is 0 Å². The number of pyridine rings is 1. The Kier molecular flexibility index (Phi) is 6.02. The number of nitrogens with zero attached hydrogens (tertiary/aromatic N) is 3. The van der Waals surface area contributed by atoms with Crippen molar-refractivity contribution < 1.29 is 4.79 Å². The van der Waals surface area contributed by atoms with Crippen molar-refractivity contribution in [2.75, 3.05) is 11.9 Å². The molecular weight excluding hydrogens is 380 g/mol. The quantitative estimate of drug-likeness (QED) is 0.643. The highest BCUT2D eigenvalue weighted by Crippen LogP contribution is 2.37. The highest BCUT2D eigenvalue weighted by Gasteiger charge is 2.27. The van der Waals surface area contributed by atoms with Crippen LogP contribution in [0, 0.1) is 6.92 Å². The van der Waals surface area contributed by atoms with Gasteiger partial charge in [-0.25, -0.2) is 4.98 Å². The van der Waals surface area contributed by atoms with Gasteiger partial charge >= 0.3 is 0 Å². The number of rotatable bonds is 6. The van der Waals surface area contributed by atoms with E-state index in [1.54, 1.807) is 11.3 Å². The van der Waals surface area contributed by atoms with E-state index in [2.05, 4.69) is 56.6 Å². The van der Waals surface area contributed by atoms with E-state index in [0.29, 0.717) is 11.2 Å². The fourth-order valence-corrected chi connectivity index (χ4v) is 4.85. The first-order valence-corrected chi connectivity index (χ1v) is 10.9. The first-order chi connectivity index (χ1) is 14.1. The van der Waals surface area contributed by atoms with Crippen LogP contribution >= 0.6 is 11.3 Å². The summed E-state index contributed by atoms with van der Waals surface area (Å²) < 4.78 is 0. The molecule has 1 aliphatic heterocycles. The zero-order valence-corrected chi connectivity index (χ0v) is 17.7. The van der Waals surface area contributed by atoms with Gasteiger partial charge in [0, 0.05) is 42.5 Å². The van der Waals surface area contributed by atoms with E-state index in [0.717, 1.165) is 31.6 Å². The maximum Gasteiger partial charge on any atom is 0.223 e. The molecule has 1 N–H and O–H groups in total. The number of hydrogen-bond acceptors (Lipinski definition) is 5. The van der Waals surface area contributed by atoms with Crippen molar-refractivity contribution in [2.24, 2.45) is 0 Å². The SMILES string of the molecule is CC(=O)Nc1ncc([C@H]2CCCN2Cc2ccc(Cc3ccc(C)nc3)cc2)s1. The largest absolute Gasteiger partial charge is 0.302 e. The molecule has 5 nitrogen and oxygen atoms in total. The van der Waals surface area contributed by atoms with Crippen LogP contribution in [-0.4, -0.2) is 27.3 Å². The van der Waals surface area contributed by atoms with Crippen LogP contribution in [0.4, 0.5) is 5.13 Å². The van der Waals surface area contributed by atoms with Crippen LogP contribution in [0.3, 0.4) is 0 Å². The van der Waals surface area contributed by atoms with Crippen LogP contribution < -0.4 is 5.32 Å². The van der Waals surface area contributed by atoms with Crippen molar-refractivity contribution in [2.45, 2.75) is 45.7 Å². The Bertz CT molecular complexity index is 965. The maximum atomic E-state index is 11.2. The molecule has 0 unspecified atom stereocenters. The summed E-state index contributed by atoms with van der Waals surface area (Å²) in [5, 5.41) is 3.48. The minimum Gasteiger partial charge on any atom is -0.302 e.